The van der Waals surface area contributed by atoms with Crippen LogP contribution < -0.4 is 31.8 Å². The first kappa shape index (κ1) is 25.1. The molecule has 4 aromatic rings. The molecule has 0 saturated heterocycles. The average molecular weight is 564 g/mol. The Bertz CT molecular complexity index is 1620. The van der Waals surface area contributed by atoms with E-state index in [0.717, 1.165) is 28.8 Å². The molecule has 190 valence electrons. The van der Waals surface area contributed by atoms with Gasteiger partial charge in [-0.25, -0.2) is 14.3 Å². The van der Waals surface area contributed by atoms with Crippen LogP contribution in [0, 0.1) is 6.92 Å². The number of halogens is 1. The van der Waals surface area contributed by atoms with E-state index in [-0.39, 0.29) is 35.6 Å². The second-order valence-corrected chi connectivity index (χ2v) is 9.42. The van der Waals surface area contributed by atoms with Crippen molar-refractivity contribution in [2.24, 2.45) is 0 Å². The third kappa shape index (κ3) is 4.12. The summed E-state index contributed by atoms with van der Waals surface area (Å²) in [5.74, 6) is 0.0317. The van der Waals surface area contributed by atoms with Gasteiger partial charge in [0.15, 0.2) is 24.5 Å². The first-order chi connectivity index (χ1) is 17.4. The van der Waals surface area contributed by atoms with E-state index in [1.807, 2.05) is 36.5 Å². The Kier molecular flexibility index (Phi) is 6.37. The van der Waals surface area contributed by atoms with E-state index in [0.29, 0.717) is 35.7 Å². The predicted molar refractivity (Wildman–Crippen MR) is 131 cm³/mol. The molecule has 2 aliphatic heterocycles. The molecule has 1 atom stereocenters. The zero-order chi connectivity index (χ0) is 25.0. The van der Waals surface area contributed by atoms with E-state index in [9.17, 15) is 14.7 Å². The van der Waals surface area contributed by atoms with E-state index in [2.05, 4.69) is 23.8 Å². The lowest BCUT2D eigenvalue weighted by Gasteiger charge is -2.31. The van der Waals surface area contributed by atoms with Gasteiger partial charge < -0.3 is 36.1 Å². The molecule has 0 spiro atoms. The number of rotatable bonds is 5. The van der Waals surface area contributed by atoms with Crippen molar-refractivity contribution in [1.29, 1.82) is 0 Å². The molecule has 8 nitrogen and oxygen atoms in total. The standard InChI is InChI=1S/C28H26N3O5.BrH/c1-3-28(34)22-13-24-25-19(15-31(24)26(32)21(22)16-36-27(28)33)11-18-12-20(6-7-23(18)29-25)35-10-9-30-8-4-5-17(2)14-30;/h4-8,11-14,34H,3,9-10,15-16H2,1-2H3;1H/q+1;/p-1/t28-;/m0./s1. The third-order valence-electron chi connectivity index (χ3n) is 7.10. The zero-order valence-electron chi connectivity index (χ0n) is 20.5. The van der Waals surface area contributed by atoms with Gasteiger partial charge in [-0.15, -0.1) is 0 Å². The smallest absolute Gasteiger partial charge is 0.343 e. The molecule has 0 saturated carbocycles. The van der Waals surface area contributed by atoms with Gasteiger partial charge in [0.05, 0.1) is 29.0 Å². The first-order valence-corrected chi connectivity index (χ1v) is 12.1. The number of carbonyl (C=O) groups excluding carboxylic acids is 1. The molecule has 9 heteroatoms. The highest BCUT2D eigenvalue weighted by atomic mass is 79.9. The Labute approximate surface area is 223 Å². The van der Waals surface area contributed by atoms with Crippen molar-refractivity contribution < 1.29 is 40.9 Å². The molecule has 0 radical (unpaired) electrons. The average Bonchev–Trinajstić information content (AvgIpc) is 3.23. The maximum absolute atomic E-state index is 13.3. The number of fused-ring (bicyclic) bond motifs is 5. The van der Waals surface area contributed by atoms with Crippen LogP contribution in [0.15, 0.2) is 59.7 Å². The van der Waals surface area contributed by atoms with Crippen LogP contribution in [0.4, 0.5) is 0 Å². The number of aromatic nitrogens is 3. The second-order valence-electron chi connectivity index (χ2n) is 9.42. The van der Waals surface area contributed by atoms with Gasteiger partial charge in [0.1, 0.15) is 19.0 Å². The summed E-state index contributed by atoms with van der Waals surface area (Å²) < 4.78 is 14.9. The number of aliphatic hydroxyl groups is 1. The van der Waals surface area contributed by atoms with Crippen molar-refractivity contribution in [2.75, 3.05) is 6.61 Å². The topological polar surface area (TPSA) is 94.5 Å². The Hall–Kier alpha value is -3.56. The molecule has 3 aromatic heterocycles. The van der Waals surface area contributed by atoms with Crippen LogP contribution in [0.5, 0.6) is 5.75 Å². The van der Waals surface area contributed by atoms with Crippen LogP contribution in [0.2, 0.25) is 0 Å². The number of hydrogen-bond acceptors (Lipinski definition) is 6. The molecule has 2 aliphatic rings. The van der Waals surface area contributed by atoms with Gasteiger partial charge in [-0.1, -0.05) is 6.92 Å². The summed E-state index contributed by atoms with van der Waals surface area (Å²) in [7, 11) is 0. The van der Waals surface area contributed by atoms with Crippen molar-refractivity contribution in [3.8, 4) is 17.1 Å². The van der Waals surface area contributed by atoms with Gasteiger partial charge in [-0.05, 0) is 49.7 Å². The number of aryl methyl sites for hydroxylation is 1. The number of ether oxygens (including phenoxy) is 2. The molecule has 1 N–H and O–H groups in total. The summed E-state index contributed by atoms with van der Waals surface area (Å²) in [6.45, 7) is 5.26. The first-order valence-electron chi connectivity index (χ1n) is 12.1. The molecule has 0 aliphatic carbocycles. The van der Waals surface area contributed by atoms with Crippen LogP contribution in [0.3, 0.4) is 0 Å². The Balaban J connectivity index is 0.00000280. The predicted octanol–water partition coefficient (Wildman–Crippen LogP) is -0.241. The molecule has 1 aromatic carbocycles. The second kappa shape index (κ2) is 9.39. The highest BCUT2D eigenvalue weighted by molar-refractivity contribution is 5.87. The van der Waals surface area contributed by atoms with Gasteiger partial charge in [0.25, 0.3) is 5.56 Å². The Morgan fingerprint density at radius 1 is 1.22 bits per heavy atom. The van der Waals surface area contributed by atoms with Gasteiger partial charge in [0, 0.05) is 28.1 Å². The summed E-state index contributed by atoms with van der Waals surface area (Å²) in [4.78, 5) is 30.5. The maximum atomic E-state index is 13.3. The quantitative estimate of drug-likeness (QED) is 0.234. The molecular formula is C28H26BrN3O5. The molecule has 0 fully saturated rings. The number of cyclic esters (lactones) is 1. The van der Waals surface area contributed by atoms with Crippen molar-refractivity contribution in [2.45, 2.75) is 45.6 Å². The fourth-order valence-corrected chi connectivity index (χ4v) is 5.11. The number of hydrogen-bond donors (Lipinski definition) is 1. The van der Waals surface area contributed by atoms with Gasteiger partial charge in [0.2, 0.25) is 0 Å². The van der Waals surface area contributed by atoms with E-state index < -0.39 is 11.6 Å². The summed E-state index contributed by atoms with van der Waals surface area (Å²) in [5, 5.41) is 11.9. The van der Waals surface area contributed by atoms with Gasteiger partial charge >= 0.3 is 5.97 Å². The van der Waals surface area contributed by atoms with E-state index >= 15 is 0 Å². The lowest BCUT2D eigenvalue weighted by molar-refractivity contribution is -0.697. The normalized spacial score (nSPS) is 17.4. The highest BCUT2D eigenvalue weighted by Crippen LogP contribution is 2.38. The summed E-state index contributed by atoms with van der Waals surface area (Å²) >= 11 is 0. The molecular weight excluding hydrogens is 538 g/mol. The fourth-order valence-electron chi connectivity index (χ4n) is 5.11. The van der Waals surface area contributed by atoms with Crippen LogP contribution in [0.25, 0.3) is 22.3 Å². The maximum Gasteiger partial charge on any atom is 0.343 e. The summed E-state index contributed by atoms with van der Waals surface area (Å²) in [6, 6.07) is 13.6. The summed E-state index contributed by atoms with van der Waals surface area (Å²) in [6.07, 6.45) is 4.22. The number of benzene rings is 1. The number of pyridine rings is 3. The van der Waals surface area contributed by atoms with Crippen molar-refractivity contribution in [3.63, 3.8) is 0 Å². The molecule has 0 amide bonds. The van der Waals surface area contributed by atoms with E-state index in [1.54, 1.807) is 17.6 Å². The van der Waals surface area contributed by atoms with E-state index in [4.69, 9.17) is 14.5 Å². The fraction of sp³-hybridized carbons (Fsp3) is 0.286. The number of nitrogens with zero attached hydrogens (tertiary/aromatic N) is 3. The number of carbonyl (C=O) groups is 1. The SMILES string of the molecule is CC[C@@]1(O)C(=O)OCc2c1cc1n(c2=O)Cc2cc3cc(OCC[n+]4cccc(C)c4)ccc3nc2-1.[Br-]. The van der Waals surface area contributed by atoms with Crippen LogP contribution in [0.1, 0.15) is 35.6 Å². The van der Waals surface area contributed by atoms with Crippen molar-refractivity contribution >= 4 is 16.9 Å². The molecule has 0 unspecified atom stereocenters. The third-order valence-corrected chi connectivity index (χ3v) is 7.10. The summed E-state index contributed by atoms with van der Waals surface area (Å²) in [5.41, 5.74) is 2.72. The zero-order valence-corrected chi connectivity index (χ0v) is 22.1. The minimum atomic E-state index is -1.83. The van der Waals surface area contributed by atoms with E-state index in [1.165, 1.54) is 5.56 Å². The highest BCUT2D eigenvalue weighted by Gasteiger charge is 2.45. The van der Waals surface area contributed by atoms with Crippen LogP contribution in [-0.4, -0.2) is 27.2 Å². The molecule has 0 bridgehead atoms. The largest absolute Gasteiger partial charge is 1.00 e. The molecule has 5 heterocycles. The van der Waals surface area contributed by atoms with Gasteiger partial charge in [-0.2, -0.15) is 0 Å². The molecule has 6 rings (SSSR count). The van der Waals surface area contributed by atoms with Gasteiger partial charge in [-0.3, -0.25) is 4.79 Å². The minimum Gasteiger partial charge on any atom is -1.00 e. The lowest BCUT2D eigenvalue weighted by Crippen LogP contribution is -3.00. The van der Waals surface area contributed by atoms with Crippen molar-refractivity contribution in [3.05, 3.63) is 87.5 Å². The number of esters is 1. The van der Waals surface area contributed by atoms with Crippen molar-refractivity contribution in [1.82, 2.24) is 9.55 Å². The Morgan fingerprint density at radius 3 is 2.84 bits per heavy atom. The van der Waals surface area contributed by atoms with Crippen LogP contribution >= 0.6 is 0 Å². The minimum absolute atomic E-state index is 0. The molecule has 37 heavy (non-hydrogen) atoms. The van der Waals surface area contributed by atoms with Crippen LogP contribution in [-0.2, 0) is 34.8 Å². The lowest BCUT2D eigenvalue weighted by atomic mass is 9.86. The Morgan fingerprint density at radius 2 is 2.05 bits per heavy atom. The monoisotopic (exact) mass is 563 g/mol.